The molecule has 1 aromatic rings. The van der Waals surface area contributed by atoms with Gasteiger partial charge in [0.25, 0.3) is 0 Å². The second kappa shape index (κ2) is 9.22. The van der Waals surface area contributed by atoms with Gasteiger partial charge in [-0.25, -0.2) is 0 Å². The third-order valence-corrected chi connectivity index (χ3v) is 3.00. The van der Waals surface area contributed by atoms with Crippen molar-refractivity contribution in [1.82, 2.24) is 0 Å². The zero-order valence-electron chi connectivity index (χ0n) is 11.6. The van der Waals surface area contributed by atoms with Crippen LogP contribution >= 0.6 is 0 Å². The number of rotatable bonds is 7. The smallest absolute Gasteiger partial charge is 0.303 e. The molecule has 0 fully saturated rings. The summed E-state index contributed by atoms with van der Waals surface area (Å²) in [7, 11) is 0. The van der Waals surface area contributed by atoms with Gasteiger partial charge in [-0.05, 0) is 24.5 Å². The molecule has 1 aromatic carbocycles. The summed E-state index contributed by atoms with van der Waals surface area (Å²) in [5.41, 5.74) is 2.00. The minimum Gasteiger partial charge on any atom is -0.481 e. The van der Waals surface area contributed by atoms with Gasteiger partial charge in [-0.15, -0.1) is 0 Å². The average molecular weight is 258 g/mol. The molecule has 2 nitrogen and oxygen atoms in total. The van der Waals surface area contributed by atoms with Gasteiger partial charge in [-0.3, -0.25) is 4.79 Å². The normalized spacial score (nSPS) is 9.74. The number of aliphatic carboxylic acids is 1. The number of hydrogen-bond acceptors (Lipinski definition) is 1. The second-order valence-electron chi connectivity index (χ2n) is 4.66. The maximum Gasteiger partial charge on any atom is 0.303 e. The van der Waals surface area contributed by atoms with Crippen LogP contribution in [0.1, 0.15) is 56.6 Å². The molecule has 0 saturated carbocycles. The van der Waals surface area contributed by atoms with E-state index in [9.17, 15) is 4.79 Å². The van der Waals surface area contributed by atoms with E-state index in [4.69, 9.17) is 5.11 Å². The lowest BCUT2D eigenvalue weighted by Gasteiger charge is -2.01. The summed E-state index contributed by atoms with van der Waals surface area (Å²) in [5.74, 6) is 5.60. The Bertz CT molecular complexity index is 452. The van der Waals surface area contributed by atoms with Crippen molar-refractivity contribution >= 4 is 5.97 Å². The van der Waals surface area contributed by atoms with Gasteiger partial charge in [0.1, 0.15) is 0 Å². The Labute approximate surface area is 115 Å². The maximum atomic E-state index is 10.6. The minimum atomic E-state index is -0.762. The molecule has 0 spiro atoms. The van der Waals surface area contributed by atoms with Crippen molar-refractivity contribution in [3.05, 3.63) is 35.4 Å². The van der Waals surface area contributed by atoms with Crippen molar-refractivity contribution in [3.63, 3.8) is 0 Å². The summed E-state index contributed by atoms with van der Waals surface area (Å²) < 4.78 is 0. The highest BCUT2D eigenvalue weighted by Crippen LogP contribution is 2.10. The molecule has 0 atom stereocenters. The molecular formula is C17H22O2. The minimum absolute atomic E-state index is 0.162. The molecule has 0 aromatic heterocycles. The van der Waals surface area contributed by atoms with E-state index in [2.05, 4.69) is 18.8 Å². The van der Waals surface area contributed by atoms with Gasteiger partial charge >= 0.3 is 5.97 Å². The number of aryl methyl sites for hydroxylation is 1. The van der Waals surface area contributed by atoms with E-state index in [-0.39, 0.29) is 6.42 Å². The summed E-state index contributed by atoms with van der Waals surface area (Å²) in [6.07, 6.45) is 6.55. The third kappa shape index (κ3) is 6.67. The summed E-state index contributed by atoms with van der Waals surface area (Å²) in [6, 6.07) is 7.81. The molecular weight excluding hydrogens is 236 g/mol. The molecule has 102 valence electrons. The quantitative estimate of drug-likeness (QED) is 0.592. The second-order valence-corrected chi connectivity index (χ2v) is 4.66. The molecule has 0 saturated heterocycles. The van der Waals surface area contributed by atoms with Gasteiger partial charge in [0.05, 0.1) is 0 Å². The van der Waals surface area contributed by atoms with E-state index in [1.165, 1.54) is 19.3 Å². The Morgan fingerprint density at radius 1 is 1.21 bits per heavy atom. The van der Waals surface area contributed by atoms with Crippen LogP contribution in [0.4, 0.5) is 0 Å². The van der Waals surface area contributed by atoms with Crippen molar-refractivity contribution in [2.75, 3.05) is 0 Å². The van der Waals surface area contributed by atoms with E-state index < -0.39 is 5.97 Å². The lowest BCUT2D eigenvalue weighted by Crippen LogP contribution is -1.99. The lowest BCUT2D eigenvalue weighted by atomic mass is 10.0. The van der Waals surface area contributed by atoms with Crippen molar-refractivity contribution in [1.29, 1.82) is 0 Å². The lowest BCUT2D eigenvalue weighted by molar-refractivity contribution is -0.136. The van der Waals surface area contributed by atoms with E-state index in [1.54, 1.807) is 0 Å². The van der Waals surface area contributed by atoms with Crippen LogP contribution in [-0.4, -0.2) is 11.1 Å². The average Bonchev–Trinajstić information content (AvgIpc) is 2.41. The number of carboxylic acid groups (broad SMARTS) is 1. The van der Waals surface area contributed by atoms with E-state index in [0.29, 0.717) is 6.42 Å². The largest absolute Gasteiger partial charge is 0.481 e. The molecule has 0 bridgehead atoms. The monoisotopic (exact) mass is 258 g/mol. The standard InChI is InChI=1S/C17H22O2/c1-2-3-4-5-6-7-10-15-11-8-9-12-16(15)13-14-17(18)19/h8-9,11-12H,2-6,13-14H2,1H3,(H,18,19). The van der Waals surface area contributed by atoms with Crippen LogP contribution < -0.4 is 0 Å². The van der Waals surface area contributed by atoms with Crippen molar-refractivity contribution in [2.45, 2.75) is 51.9 Å². The van der Waals surface area contributed by atoms with E-state index in [0.717, 1.165) is 24.0 Å². The Hall–Kier alpha value is -1.75. The summed E-state index contributed by atoms with van der Waals surface area (Å²) >= 11 is 0. The zero-order chi connectivity index (χ0) is 13.9. The Morgan fingerprint density at radius 3 is 2.74 bits per heavy atom. The van der Waals surface area contributed by atoms with E-state index in [1.807, 2.05) is 24.3 Å². The molecule has 0 radical (unpaired) electrons. The summed E-state index contributed by atoms with van der Waals surface area (Å²) in [6.45, 7) is 2.20. The highest BCUT2D eigenvalue weighted by molar-refractivity contribution is 5.67. The first-order valence-corrected chi connectivity index (χ1v) is 7.02. The molecule has 19 heavy (non-hydrogen) atoms. The molecule has 2 heteroatoms. The maximum absolute atomic E-state index is 10.6. The van der Waals surface area contributed by atoms with Crippen LogP contribution in [-0.2, 0) is 11.2 Å². The fourth-order valence-electron chi connectivity index (χ4n) is 1.90. The predicted octanol–water partition coefficient (Wildman–Crippen LogP) is 4.03. The van der Waals surface area contributed by atoms with Crippen LogP contribution in [0.15, 0.2) is 24.3 Å². The first kappa shape index (κ1) is 15.3. The SMILES string of the molecule is CCCCCCC#Cc1ccccc1CCC(=O)O. The van der Waals surface area contributed by atoms with Gasteiger partial charge in [0.15, 0.2) is 0 Å². The number of carboxylic acids is 1. The van der Waals surface area contributed by atoms with Crippen LogP contribution in [0.3, 0.4) is 0 Å². The molecule has 1 N–H and O–H groups in total. The van der Waals surface area contributed by atoms with Gasteiger partial charge in [-0.1, -0.05) is 56.2 Å². The van der Waals surface area contributed by atoms with Crippen LogP contribution in [0.2, 0.25) is 0 Å². The van der Waals surface area contributed by atoms with Gasteiger partial charge in [-0.2, -0.15) is 0 Å². The van der Waals surface area contributed by atoms with Crippen molar-refractivity contribution in [3.8, 4) is 11.8 Å². The third-order valence-electron chi connectivity index (χ3n) is 3.00. The molecule has 0 amide bonds. The van der Waals surface area contributed by atoms with Gasteiger partial charge < -0.3 is 5.11 Å². The predicted molar refractivity (Wildman–Crippen MR) is 78.0 cm³/mol. The zero-order valence-corrected chi connectivity index (χ0v) is 11.6. The molecule has 0 aliphatic carbocycles. The number of benzene rings is 1. The van der Waals surface area contributed by atoms with E-state index >= 15 is 0 Å². The Kier molecular flexibility index (Phi) is 7.43. The highest BCUT2D eigenvalue weighted by atomic mass is 16.4. The number of carbonyl (C=O) groups is 1. The summed E-state index contributed by atoms with van der Waals surface area (Å²) in [4.78, 5) is 10.6. The van der Waals surface area contributed by atoms with Crippen LogP contribution in [0.5, 0.6) is 0 Å². The molecule has 0 unspecified atom stereocenters. The van der Waals surface area contributed by atoms with Crippen LogP contribution in [0, 0.1) is 11.8 Å². The first-order chi connectivity index (χ1) is 9.24. The van der Waals surface area contributed by atoms with Crippen molar-refractivity contribution < 1.29 is 9.90 Å². The molecule has 1 rings (SSSR count). The fraction of sp³-hybridized carbons (Fsp3) is 0.471. The Morgan fingerprint density at radius 2 is 2.00 bits per heavy atom. The number of hydrogen-bond donors (Lipinski definition) is 1. The summed E-state index contributed by atoms with van der Waals surface area (Å²) in [5, 5.41) is 8.73. The first-order valence-electron chi connectivity index (χ1n) is 7.02. The van der Waals surface area contributed by atoms with Gasteiger partial charge in [0.2, 0.25) is 0 Å². The fourth-order valence-corrected chi connectivity index (χ4v) is 1.90. The van der Waals surface area contributed by atoms with Crippen LogP contribution in [0.25, 0.3) is 0 Å². The highest BCUT2D eigenvalue weighted by Gasteiger charge is 2.02. The molecule has 0 aliphatic rings. The Balaban J connectivity index is 2.52. The topological polar surface area (TPSA) is 37.3 Å². The molecule has 0 heterocycles. The molecule has 0 aliphatic heterocycles. The van der Waals surface area contributed by atoms with Gasteiger partial charge in [0, 0.05) is 18.4 Å². The number of unbranched alkanes of at least 4 members (excludes halogenated alkanes) is 4. The van der Waals surface area contributed by atoms with Crippen molar-refractivity contribution in [2.24, 2.45) is 0 Å².